The Morgan fingerprint density at radius 2 is 1.30 bits per heavy atom. The van der Waals surface area contributed by atoms with Gasteiger partial charge in [0.2, 0.25) is 5.91 Å². The molecule has 0 aliphatic rings. The molecule has 27 heavy (non-hydrogen) atoms. The number of carbonyl (C=O) groups is 1. The van der Waals surface area contributed by atoms with Crippen molar-refractivity contribution in [2.45, 2.75) is 17.2 Å². The lowest BCUT2D eigenvalue weighted by molar-refractivity contribution is -0.116. The molecule has 0 saturated heterocycles. The van der Waals surface area contributed by atoms with E-state index < -0.39 is 9.84 Å². The molecule has 138 valence electrons. The minimum Gasteiger partial charge on any atom is -0.325 e. The summed E-state index contributed by atoms with van der Waals surface area (Å²) in [4.78, 5) is 12.9. The lowest BCUT2D eigenvalue weighted by Crippen LogP contribution is -2.18. The van der Waals surface area contributed by atoms with E-state index in [9.17, 15) is 13.2 Å². The molecule has 0 spiro atoms. The van der Waals surface area contributed by atoms with Crippen LogP contribution in [0.15, 0.2) is 89.8 Å². The van der Waals surface area contributed by atoms with Crippen molar-refractivity contribution in [3.05, 3.63) is 96.1 Å². The van der Waals surface area contributed by atoms with Crippen LogP contribution in [0.5, 0.6) is 0 Å². The van der Waals surface area contributed by atoms with Crippen molar-refractivity contribution >= 4 is 21.4 Å². The van der Waals surface area contributed by atoms with Gasteiger partial charge in [0.25, 0.3) is 0 Å². The third kappa shape index (κ3) is 4.83. The van der Waals surface area contributed by atoms with E-state index in [1.807, 2.05) is 60.7 Å². The molecular weight excluding hydrogens is 358 g/mol. The van der Waals surface area contributed by atoms with Crippen molar-refractivity contribution in [3.8, 4) is 0 Å². The summed E-state index contributed by atoms with van der Waals surface area (Å²) in [5.41, 5.74) is 2.38. The van der Waals surface area contributed by atoms with Crippen molar-refractivity contribution in [1.82, 2.24) is 0 Å². The molecule has 4 nitrogen and oxygen atoms in total. The summed E-state index contributed by atoms with van der Waals surface area (Å²) in [5.74, 6) is -0.346. The van der Waals surface area contributed by atoms with Crippen molar-refractivity contribution in [2.24, 2.45) is 0 Å². The zero-order valence-electron chi connectivity index (χ0n) is 15.0. The Labute approximate surface area is 159 Å². The van der Waals surface area contributed by atoms with E-state index in [4.69, 9.17) is 0 Å². The standard InChI is InChI=1S/C22H21NO3S/c1-27(25,26)21-15-9-8-14-20(21)23-22(24)16-19(17-10-4-2-5-11-17)18-12-6-3-7-13-18/h2-15,19H,16H2,1H3,(H,23,24). The molecule has 3 aromatic carbocycles. The molecule has 0 bridgehead atoms. The lowest BCUT2D eigenvalue weighted by Gasteiger charge is -2.18. The van der Waals surface area contributed by atoms with E-state index in [0.717, 1.165) is 17.4 Å². The van der Waals surface area contributed by atoms with E-state index in [2.05, 4.69) is 5.32 Å². The first kappa shape index (κ1) is 18.9. The average molecular weight is 379 g/mol. The molecule has 3 aromatic rings. The van der Waals surface area contributed by atoms with Crippen LogP contribution in [0.2, 0.25) is 0 Å². The van der Waals surface area contributed by atoms with Gasteiger partial charge in [0, 0.05) is 18.6 Å². The van der Waals surface area contributed by atoms with Gasteiger partial charge in [-0.3, -0.25) is 4.79 Å². The summed E-state index contributed by atoms with van der Waals surface area (Å²) in [7, 11) is -3.43. The predicted octanol–water partition coefficient (Wildman–Crippen LogP) is 4.25. The predicted molar refractivity (Wildman–Crippen MR) is 108 cm³/mol. The van der Waals surface area contributed by atoms with Gasteiger partial charge in [0.15, 0.2) is 9.84 Å². The smallest absolute Gasteiger partial charge is 0.225 e. The molecule has 0 aliphatic heterocycles. The van der Waals surface area contributed by atoms with Gasteiger partial charge in [-0.25, -0.2) is 8.42 Å². The Morgan fingerprint density at radius 3 is 1.81 bits per heavy atom. The molecule has 0 heterocycles. The Bertz CT molecular complexity index is 976. The van der Waals surface area contributed by atoms with Crippen LogP contribution in [0.1, 0.15) is 23.5 Å². The maximum Gasteiger partial charge on any atom is 0.225 e. The monoisotopic (exact) mass is 379 g/mol. The Hall–Kier alpha value is -2.92. The fourth-order valence-corrected chi connectivity index (χ4v) is 3.92. The van der Waals surface area contributed by atoms with E-state index in [1.54, 1.807) is 18.2 Å². The summed E-state index contributed by atoms with van der Waals surface area (Å²) >= 11 is 0. The maximum absolute atomic E-state index is 12.7. The Morgan fingerprint density at radius 1 is 0.815 bits per heavy atom. The number of nitrogens with one attached hydrogen (secondary N) is 1. The van der Waals surface area contributed by atoms with Crippen molar-refractivity contribution < 1.29 is 13.2 Å². The first-order valence-electron chi connectivity index (χ1n) is 8.64. The summed E-state index contributed by atoms with van der Waals surface area (Å²) in [6.45, 7) is 0. The highest BCUT2D eigenvalue weighted by atomic mass is 32.2. The summed E-state index contributed by atoms with van der Waals surface area (Å²) < 4.78 is 23.9. The van der Waals surface area contributed by atoms with Crippen LogP contribution in [-0.2, 0) is 14.6 Å². The largest absolute Gasteiger partial charge is 0.325 e. The van der Waals surface area contributed by atoms with Gasteiger partial charge in [-0.05, 0) is 23.3 Å². The molecule has 0 unspecified atom stereocenters. The zero-order chi connectivity index (χ0) is 19.3. The van der Waals surface area contributed by atoms with Crippen molar-refractivity contribution in [2.75, 3.05) is 11.6 Å². The van der Waals surface area contributed by atoms with Crippen LogP contribution in [0.25, 0.3) is 0 Å². The van der Waals surface area contributed by atoms with Gasteiger partial charge in [0.05, 0.1) is 10.6 Å². The van der Waals surface area contributed by atoms with Crippen LogP contribution in [0.3, 0.4) is 0 Å². The summed E-state index contributed by atoms with van der Waals surface area (Å²) in [6.07, 6.45) is 1.35. The van der Waals surface area contributed by atoms with Gasteiger partial charge < -0.3 is 5.32 Å². The highest BCUT2D eigenvalue weighted by Crippen LogP contribution is 2.29. The summed E-state index contributed by atoms with van der Waals surface area (Å²) in [5, 5.41) is 2.77. The number of hydrogen-bond donors (Lipinski definition) is 1. The summed E-state index contributed by atoms with van der Waals surface area (Å²) in [6, 6.07) is 26.1. The van der Waals surface area contributed by atoms with Crippen LogP contribution < -0.4 is 5.32 Å². The number of amides is 1. The minimum atomic E-state index is -3.43. The lowest BCUT2D eigenvalue weighted by atomic mass is 9.88. The van der Waals surface area contributed by atoms with Crippen LogP contribution >= 0.6 is 0 Å². The SMILES string of the molecule is CS(=O)(=O)c1ccccc1NC(=O)CC(c1ccccc1)c1ccccc1. The Kier molecular flexibility index (Phi) is 5.72. The fraction of sp³-hybridized carbons (Fsp3) is 0.136. The molecule has 0 saturated carbocycles. The van der Waals surface area contributed by atoms with E-state index in [1.165, 1.54) is 6.07 Å². The van der Waals surface area contributed by atoms with Gasteiger partial charge in [-0.15, -0.1) is 0 Å². The van der Waals surface area contributed by atoms with Gasteiger partial charge in [0.1, 0.15) is 0 Å². The first-order chi connectivity index (χ1) is 12.9. The highest BCUT2D eigenvalue weighted by molar-refractivity contribution is 7.90. The minimum absolute atomic E-state index is 0.113. The second kappa shape index (κ2) is 8.18. The fourth-order valence-electron chi connectivity index (χ4n) is 3.08. The van der Waals surface area contributed by atoms with Crippen molar-refractivity contribution in [1.29, 1.82) is 0 Å². The number of carbonyl (C=O) groups excluding carboxylic acids is 1. The highest BCUT2D eigenvalue weighted by Gasteiger charge is 2.20. The second-order valence-electron chi connectivity index (χ2n) is 6.39. The van der Waals surface area contributed by atoms with Gasteiger partial charge in [-0.2, -0.15) is 0 Å². The molecule has 5 heteroatoms. The number of benzene rings is 3. The number of para-hydroxylation sites is 1. The van der Waals surface area contributed by atoms with E-state index >= 15 is 0 Å². The Balaban J connectivity index is 1.87. The molecule has 0 atom stereocenters. The van der Waals surface area contributed by atoms with Gasteiger partial charge in [-0.1, -0.05) is 72.8 Å². The third-order valence-corrected chi connectivity index (χ3v) is 5.51. The molecule has 0 radical (unpaired) electrons. The quantitative estimate of drug-likeness (QED) is 0.696. The van der Waals surface area contributed by atoms with Crippen LogP contribution in [-0.4, -0.2) is 20.6 Å². The average Bonchev–Trinajstić information content (AvgIpc) is 2.67. The molecule has 1 N–H and O–H groups in total. The normalized spacial score (nSPS) is 11.3. The zero-order valence-corrected chi connectivity index (χ0v) is 15.8. The molecule has 3 rings (SSSR count). The second-order valence-corrected chi connectivity index (χ2v) is 8.38. The van der Waals surface area contributed by atoms with Crippen LogP contribution in [0, 0.1) is 0 Å². The topological polar surface area (TPSA) is 63.2 Å². The number of anilines is 1. The van der Waals surface area contributed by atoms with E-state index in [-0.39, 0.29) is 23.1 Å². The first-order valence-corrected chi connectivity index (χ1v) is 10.5. The third-order valence-electron chi connectivity index (χ3n) is 4.35. The number of sulfone groups is 1. The number of hydrogen-bond acceptors (Lipinski definition) is 3. The van der Waals surface area contributed by atoms with Crippen molar-refractivity contribution in [3.63, 3.8) is 0 Å². The molecule has 0 aromatic heterocycles. The molecular formula is C22H21NO3S. The molecule has 1 amide bonds. The maximum atomic E-state index is 12.7. The van der Waals surface area contributed by atoms with Gasteiger partial charge >= 0.3 is 0 Å². The molecule has 0 fully saturated rings. The molecule has 0 aliphatic carbocycles. The number of rotatable bonds is 6. The van der Waals surface area contributed by atoms with Crippen LogP contribution in [0.4, 0.5) is 5.69 Å². The van der Waals surface area contributed by atoms with E-state index in [0.29, 0.717) is 5.69 Å².